The number of nitrogens with zero attached hydrogens (tertiary/aromatic N) is 3. The van der Waals surface area contributed by atoms with Gasteiger partial charge in [-0.15, -0.1) is 0 Å². The van der Waals surface area contributed by atoms with Crippen molar-refractivity contribution in [3.05, 3.63) is 54.1 Å². The number of aromatic amines is 1. The predicted molar refractivity (Wildman–Crippen MR) is 95.7 cm³/mol. The van der Waals surface area contributed by atoms with Crippen molar-refractivity contribution in [3.8, 4) is 5.75 Å². The van der Waals surface area contributed by atoms with Crippen LogP contribution in [0.25, 0.3) is 11.0 Å². The smallest absolute Gasteiger partial charge is 0.281 e. The number of hydrogen-bond donors (Lipinski definition) is 2. The maximum absolute atomic E-state index is 13.6. The molecule has 0 saturated carbocycles. The monoisotopic (exact) mass is 356 g/mol. The third-order valence-corrected chi connectivity index (χ3v) is 4.87. The van der Waals surface area contributed by atoms with Gasteiger partial charge in [0.25, 0.3) is 5.91 Å². The predicted octanol–water partition coefficient (Wildman–Crippen LogP) is 3.16. The van der Waals surface area contributed by atoms with Gasteiger partial charge in [0.2, 0.25) is 0 Å². The summed E-state index contributed by atoms with van der Waals surface area (Å²) >= 11 is 1.39. The van der Waals surface area contributed by atoms with Crippen molar-refractivity contribution >= 4 is 39.6 Å². The summed E-state index contributed by atoms with van der Waals surface area (Å²) in [4.78, 5) is 25.5. The Bertz CT molecular complexity index is 1000. The molecule has 25 heavy (non-hydrogen) atoms. The van der Waals surface area contributed by atoms with Crippen molar-refractivity contribution in [2.45, 2.75) is 0 Å². The van der Waals surface area contributed by atoms with Gasteiger partial charge in [-0.25, -0.2) is 9.37 Å². The van der Waals surface area contributed by atoms with Gasteiger partial charge >= 0.3 is 0 Å². The minimum atomic E-state index is -0.706. The lowest BCUT2D eigenvalue weighted by atomic mass is 10.2. The Hall–Kier alpha value is -2.87. The van der Waals surface area contributed by atoms with E-state index in [-0.39, 0.29) is 0 Å². The van der Waals surface area contributed by atoms with E-state index >= 15 is 0 Å². The highest BCUT2D eigenvalue weighted by molar-refractivity contribution is 8.14. The van der Waals surface area contributed by atoms with E-state index in [1.54, 1.807) is 35.5 Å². The number of benzene rings is 1. The fraction of sp³-hybridized carbons (Fsp3) is 0.118. The number of anilines is 1. The van der Waals surface area contributed by atoms with Crippen molar-refractivity contribution in [1.82, 2.24) is 9.97 Å². The zero-order valence-corrected chi connectivity index (χ0v) is 13.8. The van der Waals surface area contributed by atoms with E-state index in [1.807, 2.05) is 0 Å². The summed E-state index contributed by atoms with van der Waals surface area (Å²) in [6, 6.07) is 7.84. The molecule has 0 radical (unpaired) electrons. The van der Waals surface area contributed by atoms with Gasteiger partial charge in [-0.2, -0.15) is 4.99 Å². The van der Waals surface area contributed by atoms with Crippen molar-refractivity contribution in [1.29, 1.82) is 0 Å². The number of aliphatic imine (C=N–C) groups is 1. The second-order valence-electron chi connectivity index (χ2n) is 5.41. The van der Waals surface area contributed by atoms with Gasteiger partial charge in [0.15, 0.2) is 16.7 Å². The van der Waals surface area contributed by atoms with E-state index in [9.17, 15) is 14.3 Å². The third-order valence-electron chi connectivity index (χ3n) is 3.91. The first-order valence-electron chi connectivity index (χ1n) is 7.58. The number of thioether (sulfide) groups is 1. The van der Waals surface area contributed by atoms with Crippen LogP contribution in [0.5, 0.6) is 5.75 Å². The molecule has 1 saturated heterocycles. The molecule has 0 spiro atoms. The molecule has 2 aromatic heterocycles. The highest BCUT2D eigenvalue weighted by atomic mass is 32.2. The molecule has 2 N–H and O–H groups in total. The Labute approximate surface area is 146 Å². The van der Waals surface area contributed by atoms with Crippen LogP contribution < -0.4 is 4.90 Å². The Kier molecular flexibility index (Phi) is 3.89. The number of amidine groups is 1. The average Bonchev–Trinajstić information content (AvgIpc) is 3.24. The first kappa shape index (κ1) is 15.6. The van der Waals surface area contributed by atoms with E-state index < -0.39 is 17.5 Å². The van der Waals surface area contributed by atoms with E-state index in [0.29, 0.717) is 39.7 Å². The molecule has 126 valence electrons. The average molecular weight is 356 g/mol. The van der Waals surface area contributed by atoms with Crippen molar-refractivity contribution in [3.63, 3.8) is 0 Å². The van der Waals surface area contributed by atoms with Gasteiger partial charge in [-0.05, 0) is 24.3 Å². The van der Waals surface area contributed by atoms with Gasteiger partial charge in [-0.1, -0.05) is 17.8 Å². The minimum absolute atomic E-state index is 0.303. The highest BCUT2D eigenvalue weighted by Gasteiger charge is 2.26. The summed E-state index contributed by atoms with van der Waals surface area (Å²) in [5.41, 5.74) is 1.34. The third kappa shape index (κ3) is 2.74. The molecule has 3 heterocycles. The maximum atomic E-state index is 13.6. The lowest BCUT2D eigenvalue weighted by Crippen LogP contribution is -2.24. The number of H-pyrrole nitrogens is 1. The second-order valence-corrected chi connectivity index (χ2v) is 6.47. The fourth-order valence-electron chi connectivity index (χ4n) is 2.72. The number of phenols is 1. The lowest BCUT2D eigenvalue weighted by Gasteiger charge is -2.19. The number of aromatic hydroxyl groups is 1. The molecule has 0 aliphatic carbocycles. The van der Waals surface area contributed by atoms with E-state index in [4.69, 9.17) is 0 Å². The molecule has 1 aliphatic rings. The van der Waals surface area contributed by atoms with Gasteiger partial charge < -0.3 is 15.0 Å². The van der Waals surface area contributed by atoms with Crippen LogP contribution in [-0.4, -0.2) is 38.4 Å². The molecule has 0 unspecified atom stereocenters. The molecule has 1 amide bonds. The normalized spacial score (nSPS) is 16.0. The van der Waals surface area contributed by atoms with Gasteiger partial charge in [-0.3, -0.25) is 4.79 Å². The molecule has 8 heteroatoms. The number of amides is 1. The van der Waals surface area contributed by atoms with Gasteiger partial charge in [0.05, 0.1) is 11.3 Å². The first-order valence-corrected chi connectivity index (χ1v) is 8.56. The van der Waals surface area contributed by atoms with Gasteiger partial charge in [0, 0.05) is 30.1 Å². The molecule has 6 nitrogen and oxygen atoms in total. The number of aromatic nitrogens is 2. The summed E-state index contributed by atoms with van der Waals surface area (Å²) in [5, 5.41) is 11.1. The Morgan fingerprint density at radius 2 is 2.24 bits per heavy atom. The van der Waals surface area contributed by atoms with Crippen LogP contribution in [-0.2, 0) is 0 Å². The zero-order valence-electron chi connectivity index (χ0n) is 12.9. The van der Waals surface area contributed by atoms with Crippen molar-refractivity contribution in [2.24, 2.45) is 4.99 Å². The molecule has 0 atom stereocenters. The molecule has 1 aliphatic heterocycles. The van der Waals surface area contributed by atoms with E-state index in [0.717, 1.165) is 0 Å². The number of hydrogen-bond acceptors (Lipinski definition) is 4. The van der Waals surface area contributed by atoms with E-state index in [1.165, 1.54) is 23.9 Å². The van der Waals surface area contributed by atoms with Crippen molar-refractivity contribution in [2.75, 3.05) is 17.2 Å². The largest absolute Gasteiger partial charge is 0.503 e. The molecule has 1 fully saturated rings. The molecule has 3 aromatic rings. The van der Waals surface area contributed by atoms with Crippen LogP contribution in [0, 0.1) is 5.82 Å². The topological polar surface area (TPSA) is 81.6 Å². The quantitative estimate of drug-likeness (QED) is 0.737. The molecular formula is C17H13FN4O2S. The zero-order chi connectivity index (χ0) is 17.4. The molecule has 1 aromatic carbocycles. The van der Waals surface area contributed by atoms with Crippen LogP contribution in [0.4, 0.5) is 10.1 Å². The van der Waals surface area contributed by atoms with Crippen LogP contribution in [0.2, 0.25) is 0 Å². The number of carbonyl (C=O) groups excluding carboxylic acids is 1. The van der Waals surface area contributed by atoms with Crippen LogP contribution >= 0.6 is 11.8 Å². The summed E-state index contributed by atoms with van der Waals surface area (Å²) in [6.07, 6.45) is 3.22. The standard InChI is InChI=1S/C17H13FN4O2S/c18-12-4-1-5-13(14(12)23)22-7-8-25-17(22)21-16(24)11-9-20-15-10(11)3-2-6-19-15/h1-6,9,23H,7-8H2,(H,19,20). The van der Waals surface area contributed by atoms with Crippen molar-refractivity contribution < 1.29 is 14.3 Å². The number of carbonyl (C=O) groups is 1. The summed E-state index contributed by atoms with van der Waals surface area (Å²) < 4.78 is 13.6. The minimum Gasteiger partial charge on any atom is -0.503 e. The summed E-state index contributed by atoms with van der Waals surface area (Å²) in [5.74, 6) is -0.869. The number of fused-ring (bicyclic) bond motifs is 1. The lowest BCUT2D eigenvalue weighted by molar-refractivity contribution is 0.100. The Morgan fingerprint density at radius 3 is 3.12 bits per heavy atom. The number of phenolic OH excluding ortho intramolecular Hbond substituents is 1. The molecule has 0 bridgehead atoms. The highest BCUT2D eigenvalue weighted by Crippen LogP contribution is 2.34. The number of rotatable bonds is 2. The molecular weight excluding hydrogens is 343 g/mol. The number of para-hydroxylation sites is 1. The van der Waals surface area contributed by atoms with E-state index in [2.05, 4.69) is 15.0 Å². The number of nitrogens with one attached hydrogen (secondary N) is 1. The van der Waals surface area contributed by atoms with Gasteiger partial charge in [0.1, 0.15) is 5.65 Å². The van der Waals surface area contributed by atoms with Crippen LogP contribution in [0.1, 0.15) is 10.4 Å². The summed E-state index contributed by atoms with van der Waals surface area (Å²) in [7, 11) is 0. The number of halogens is 1. The van der Waals surface area contributed by atoms with Crippen LogP contribution in [0.15, 0.2) is 47.7 Å². The first-order chi connectivity index (χ1) is 12.1. The Balaban J connectivity index is 1.70. The second kappa shape index (κ2) is 6.21. The fourth-order valence-corrected chi connectivity index (χ4v) is 3.67. The SMILES string of the molecule is O=C(N=C1SCCN1c1cccc(F)c1O)c1c[nH]c2ncccc12. The number of pyridine rings is 1. The molecule has 4 rings (SSSR count). The summed E-state index contributed by atoms with van der Waals surface area (Å²) in [6.45, 7) is 0.531. The Morgan fingerprint density at radius 1 is 1.36 bits per heavy atom. The maximum Gasteiger partial charge on any atom is 0.281 e. The van der Waals surface area contributed by atoms with Crippen LogP contribution in [0.3, 0.4) is 0 Å².